The minimum atomic E-state index is -4.42. The maximum absolute atomic E-state index is 12.5. The minimum Gasteiger partial charge on any atom is -0.325 e. The maximum atomic E-state index is 12.5. The van der Waals surface area contributed by atoms with E-state index in [0.717, 1.165) is 23.9 Å². The smallest absolute Gasteiger partial charge is 0.325 e. The second-order valence-corrected chi connectivity index (χ2v) is 6.38. The number of nitrogens with zero attached hydrogens (tertiary/aromatic N) is 1. The third-order valence-corrected chi connectivity index (χ3v) is 4.50. The fourth-order valence-electron chi connectivity index (χ4n) is 2.35. The van der Waals surface area contributed by atoms with E-state index in [1.807, 2.05) is 0 Å². The molecule has 1 aromatic rings. The van der Waals surface area contributed by atoms with Gasteiger partial charge in [-0.3, -0.25) is 15.0 Å². The van der Waals surface area contributed by atoms with E-state index in [1.54, 1.807) is 0 Å². The summed E-state index contributed by atoms with van der Waals surface area (Å²) in [5, 5.41) is 5.44. The van der Waals surface area contributed by atoms with Crippen LogP contribution in [0.3, 0.4) is 0 Å². The van der Waals surface area contributed by atoms with Crippen molar-refractivity contribution >= 4 is 34.4 Å². The number of fused-ring (bicyclic) bond motifs is 1. The lowest BCUT2D eigenvalue weighted by Gasteiger charge is -2.21. The summed E-state index contributed by atoms with van der Waals surface area (Å²) in [4.78, 5) is 28.0. The highest BCUT2D eigenvalue weighted by Gasteiger charge is 2.37. The third-order valence-electron chi connectivity index (χ3n) is 3.61. The molecular weight excluding hydrogens is 359 g/mol. The highest BCUT2D eigenvalue weighted by atomic mass is 32.2. The largest absolute Gasteiger partial charge is 0.416 e. The van der Waals surface area contributed by atoms with E-state index in [1.165, 1.54) is 12.1 Å². The standard InChI is InChI=1S/C14H14F3N5O2S/c15-14(16,17)7-1-3-8(4-2-7)19-10(23)6-25-13-20-11-9(5-18-22-11)12(24)21-13/h1-4,9,11,18,22H,5-6H2,(H,19,23)(H,20,21,24). The van der Waals surface area contributed by atoms with E-state index in [9.17, 15) is 22.8 Å². The fraction of sp³-hybridized carbons (Fsp3) is 0.357. The highest BCUT2D eigenvalue weighted by molar-refractivity contribution is 8.14. The number of nitrogens with one attached hydrogen (secondary N) is 4. The number of carbonyl (C=O) groups is 2. The molecule has 7 nitrogen and oxygen atoms in total. The topological polar surface area (TPSA) is 94.6 Å². The van der Waals surface area contributed by atoms with Crippen LogP contribution in [0.1, 0.15) is 5.56 Å². The van der Waals surface area contributed by atoms with Gasteiger partial charge < -0.3 is 10.6 Å². The van der Waals surface area contributed by atoms with Crippen LogP contribution in [0, 0.1) is 5.92 Å². The molecule has 0 saturated carbocycles. The summed E-state index contributed by atoms with van der Waals surface area (Å²) in [5.41, 5.74) is 5.17. The van der Waals surface area contributed by atoms with Gasteiger partial charge >= 0.3 is 6.18 Å². The van der Waals surface area contributed by atoms with Crippen molar-refractivity contribution < 1.29 is 22.8 Å². The molecule has 134 valence electrons. The van der Waals surface area contributed by atoms with Crippen LogP contribution in [0.5, 0.6) is 0 Å². The van der Waals surface area contributed by atoms with Gasteiger partial charge in [-0.25, -0.2) is 10.4 Å². The Hall–Kier alpha value is -2.11. The molecule has 11 heteroatoms. The number of hydrazine groups is 1. The summed E-state index contributed by atoms with van der Waals surface area (Å²) in [6, 6.07) is 4.16. The van der Waals surface area contributed by atoms with Crippen molar-refractivity contribution in [1.82, 2.24) is 16.2 Å². The Morgan fingerprint density at radius 2 is 2.04 bits per heavy atom. The first kappa shape index (κ1) is 17.7. The van der Waals surface area contributed by atoms with Crippen LogP contribution in [0.25, 0.3) is 0 Å². The Labute approximate surface area is 144 Å². The molecule has 0 spiro atoms. The van der Waals surface area contributed by atoms with Crippen molar-refractivity contribution in [2.75, 3.05) is 17.6 Å². The molecule has 0 radical (unpaired) electrons. The lowest BCUT2D eigenvalue weighted by atomic mass is 10.1. The zero-order valence-corrected chi connectivity index (χ0v) is 13.5. The average molecular weight is 373 g/mol. The summed E-state index contributed by atoms with van der Waals surface area (Å²) in [6.45, 7) is 0.479. The first-order valence-corrected chi connectivity index (χ1v) is 8.28. The van der Waals surface area contributed by atoms with Crippen LogP contribution < -0.4 is 21.5 Å². The third kappa shape index (κ3) is 4.30. The Kier molecular flexibility index (Phi) is 4.97. The molecule has 2 unspecified atom stereocenters. The Morgan fingerprint density at radius 3 is 2.72 bits per heavy atom. The normalized spacial score (nSPS) is 22.8. The van der Waals surface area contributed by atoms with Crippen LogP contribution in [0.15, 0.2) is 29.3 Å². The predicted molar refractivity (Wildman–Crippen MR) is 86.5 cm³/mol. The summed E-state index contributed by atoms with van der Waals surface area (Å²) in [5.74, 6) is -0.917. The molecule has 0 aliphatic carbocycles. The molecule has 4 N–H and O–H groups in total. The number of halogens is 3. The second kappa shape index (κ2) is 7.02. The summed E-state index contributed by atoms with van der Waals surface area (Å²) in [6.07, 6.45) is -4.79. The first-order valence-electron chi connectivity index (χ1n) is 7.30. The van der Waals surface area contributed by atoms with Crippen molar-refractivity contribution in [2.45, 2.75) is 12.3 Å². The maximum Gasteiger partial charge on any atom is 0.416 e. The van der Waals surface area contributed by atoms with E-state index in [4.69, 9.17) is 0 Å². The molecule has 25 heavy (non-hydrogen) atoms. The molecule has 2 aliphatic rings. The number of aliphatic imine (C=N–C) groups is 1. The Bertz CT molecular complexity index is 707. The van der Waals surface area contributed by atoms with E-state index in [2.05, 4.69) is 26.5 Å². The van der Waals surface area contributed by atoms with E-state index in [0.29, 0.717) is 11.7 Å². The zero-order chi connectivity index (χ0) is 18.0. The lowest BCUT2D eigenvalue weighted by molar-refractivity contribution is -0.137. The lowest BCUT2D eigenvalue weighted by Crippen LogP contribution is -2.46. The van der Waals surface area contributed by atoms with Gasteiger partial charge in [-0.05, 0) is 24.3 Å². The van der Waals surface area contributed by atoms with Gasteiger partial charge in [0.25, 0.3) is 0 Å². The number of amidine groups is 1. The van der Waals surface area contributed by atoms with Crippen LogP contribution in [0.2, 0.25) is 0 Å². The number of amides is 2. The molecule has 1 fully saturated rings. The van der Waals surface area contributed by atoms with E-state index < -0.39 is 17.6 Å². The van der Waals surface area contributed by atoms with E-state index in [-0.39, 0.29) is 29.4 Å². The second-order valence-electron chi connectivity index (χ2n) is 5.41. The Morgan fingerprint density at radius 1 is 1.32 bits per heavy atom. The van der Waals surface area contributed by atoms with Crippen molar-refractivity contribution in [1.29, 1.82) is 0 Å². The quantitative estimate of drug-likeness (QED) is 0.632. The number of anilines is 1. The minimum absolute atomic E-state index is 0.0368. The van der Waals surface area contributed by atoms with Gasteiger partial charge in [0.05, 0.1) is 17.2 Å². The molecule has 1 aromatic carbocycles. The van der Waals surface area contributed by atoms with Crippen molar-refractivity contribution in [3.63, 3.8) is 0 Å². The number of benzene rings is 1. The molecule has 2 heterocycles. The van der Waals surface area contributed by atoms with Crippen molar-refractivity contribution in [3.8, 4) is 0 Å². The van der Waals surface area contributed by atoms with Crippen LogP contribution in [-0.2, 0) is 15.8 Å². The molecule has 2 atom stereocenters. The molecule has 0 bridgehead atoms. The number of thioether (sulfide) groups is 1. The molecule has 3 rings (SSSR count). The SMILES string of the molecule is O=C(CSC1=NC2NNCC2C(=O)N1)Nc1ccc(C(F)(F)F)cc1. The molecule has 1 saturated heterocycles. The summed E-state index contributed by atoms with van der Waals surface area (Å²) in [7, 11) is 0. The number of rotatable bonds is 3. The van der Waals surface area contributed by atoms with Crippen LogP contribution in [0.4, 0.5) is 18.9 Å². The first-order chi connectivity index (χ1) is 11.8. The Balaban J connectivity index is 1.52. The van der Waals surface area contributed by atoms with Gasteiger partial charge in [0.1, 0.15) is 6.17 Å². The van der Waals surface area contributed by atoms with Gasteiger partial charge in [0.15, 0.2) is 5.17 Å². The number of alkyl halides is 3. The number of carbonyl (C=O) groups excluding carboxylic acids is 2. The average Bonchev–Trinajstić information content (AvgIpc) is 3.02. The van der Waals surface area contributed by atoms with Gasteiger partial charge in [0.2, 0.25) is 11.8 Å². The van der Waals surface area contributed by atoms with Gasteiger partial charge in [-0.1, -0.05) is 11.8 Å². The molecule has 2 aliphatic heterocycles. The molecule has 0 aromatic heterocycles. The molecule has 2 amide bonds. The van der Waals surface area contributed by atoms with Crippen molar-refractivity contribution in [3.05, 3.63) is 29.8 Å². The van der Waals surface area contributed by atoms with Gasteiger partial charge in [0, 0.05) is 12.2 Å². The summed E-state index contributed by atoms with van der Waals surface area (Å²) >= 11 is 1.04. The van der Waals surface area contributed by atoms with Crippen molar-refractivity contribution in [2.24, 2.45) is 10.9 Å². The summed E-state index contributed by atoms with van der Waals surface area (Å²) < 4.78 is 37.5. The number of hydrogen-bond acceptors (Lipinski definition) is 6. The monoisotopic (exact) mass is 373 g/mol. The van der Waals surface area contributed by atoms with Gasteiger partial charge in [-0.2, -0.15) is 13.2 Å². The van der Waals surface area contributed by atoms with Gasteiger partial charge in [-0.15, -0.1) is 0 Å². The van der Waals surface area contributed by atoms with E-state index >= 15 is 0 Å². The molecular formula is C14H14F3N5O2S. The zero-order valence-electron chi connectivity index (χ0n) is 12.7. The highest BCUT2D eigenvalue weighted by Crippen LogP contribution is 2.29. The number of hydrogen-bond donors (Lipinski definition) is 4. The fourth-order valence-corrected chi connectivity index (χ4v) is 3.05. The predicted octanol–water partition coefficient (Wildman–Crippen LogP) is 0.913. The van der Waals surface area contributed by atoms with Crippen LogP contribution >= 0.6 is 11.8 Å². The van der Waals surface area contributed by atoms with Crippen LogP contribution in [-0.4, -0.2) is 35.4 Å².